The van der Waals surface area contributed by atoms with Gasteiger partial charge in [0.2, 0.25) is 0 Å². The van der Waals surface area contributed by atoms with Crippen molar-refractivity contribution in [2.24, 2.45) is 0 Å². The Morgan fingerprint density at radius 3 is 2.41 bits per heavy atom. The number of aromatic amines is 1. The van der Waals surface area contributed by atoms with Gasteiger partial charge in [0.1, 0.15) is 12.4 Å². The third-order valence-electron chi connectivity index (χ3n) is 6.96. The van der Waals surface area contributed by atoms with E-state index in [0.717, 1.165) is 67.6 Å². The highest BCUT2D eigenvalue weighted by Gasteiger charge is 2.06. The molecule has 41 heavy (non-hydrogen) atoms. The SMILES string of the molecule is CC(C)=CCCC(C)=CCCC(C)=CCOc1ccc2[nH]cc(CCNCc3ccc(C=CC(=O)NO)cc3)c2c1. The van der Waals surface area contributed by atoms with Gasteiger partial charge in [0.05, 0.1) is 0 Å². The number of fused-ring (bicyclic) bond motifs is 1. The maximum absolute atomic E-state index is 11.1. The van der Waals surface area contributed by atoms with E-state index in [1.54, 1.807) is 11.6 Å². The number of allylic oxidation sites excluding steroid dienone is 5. The molecule has 0 fully saturated rings. The Bertz CT molecular complexity index is 1370. The first-order chi connectivity index (χ1) is 19.8. The summed E-state index contributed by atoms with van der Waals surface area (Å²) in [7, 11) is 0. The van der Waals surface area contributed by atoms with Crippen LogP contribution in [0.15, 0.2) is 89.7 Å². The largest absolute Gasteiger partial charge is 0.490 e. The van der Waals surface area contributed by atoms with Gasteiger partial charge in [-0.3, -0.25) is 10.0 Å². The van der Waals surface area contributed by atoms with Crippen molar-refractivity contribution in [2.75, 3.05) is 13.2 Å². The molecule has 0 saturated heterocycles. The Morgan fingerprint density at radius 1 is 0.951 bits per heavy atom. The van der Waals surface area contributed by atoms with Crippen LogP contribution in [0.1, 0.15) is 70.1 Å². The first kappa shape index (κ1) is 31.7. The van der Waals surface area contributed by atoms with E-state index in [1.165, 1.54) is 33.7 Å². The van der Waals surface area contributed by atoms with Gasteiger partial charge < -0.3 is 15.0 Å². The molecule has 1 amide bonds. The van der Waals surface area contributed by atoms with Crippen LogP contribution in [0.3, 0.4) is 0 Å². The number of ether oxygens (including phenoxy) is 1. The number of amides is 1. The van der Waals surface area contributed by atoms with Gasteiger partial charge in [-0.2, -0.15) is 0 Å². The Balaban J connectivity index is 1.42. The molecule has 1 aromatic heterocycles. The normalized spacial score (nSPS) is 12.2. The Labute approximate surface area is 244 Å². The monoisotopic (exact) mass is 555 g/mol. The van der Waals surface area contributed by atoms with Crippen LogP contribution in [0.2, 0.25) is 0 Å². The number of aromatic nitrogens is 1. The van der Waals surface area contributed by atoms with Crippen LogP contribution < -0.4 is 15.5 Å². The maximum Gasteiger partial charge on any atom is 0.267 e. The molecular formula is C35H45N3O3. The summed E-state index contributed by atoms with van der Waals surface area (Å²) in [5.74, 6) is 0.338. The van der Waals surface area contributed by atoms with Gasteiger partial charge in [0.15, 0.2) is 0 Å². The average Bonchev–Trinajstić information content (AvgIpc) is 3.36. The van der Waals surface area contributed by atoms with Crippen LogP contribution in [0.4, 0.5) is 0 Å². The minimum absolute atomic E-state index is 0.547. The number of hydroxylamine groups is 1. The molecule has 0 aliphatic rings. The van der Waals surface area contributed by atoms with Crippen LogP contribution >= 0.6 is 0 Å². The number of hydrogen-bond donors (Lipinski definition) is 4. The standard InChI is InChI=1S/C35H45N3O3/c1-26(2)7-5-8-27(3)9-6-10-28(4)20-22-41-32-16-17-34-33(23-32)31(25-37-34)19-21-36-24-30-13-11-29(12-14-30)15-18-35(39)38-40/h7,9,11-18,20,23,25,36-37,40H,5-6,8,10,19,21-22,24H2,1-4H3,(H,38,39). The summed E-state index contributed by atoms with van der Waals surface area (Å²) in [6.45, 7) is 10.9. The molecule has 0 radical (unpaired) electrons. The van der Waals surface area contributed by atoms with E-state index < -0.39 is 5.91 Å². The second-order valence-corrected chi connectivity index (χ2v) is 10.8. The van der Waals surface area contributed by atoms with Gasteiger partial charge in [-0.25, -0.2) is 5.48 Å². The van der Waals surface area contributed by atoms with Crippen molar-refractivity contribution >= 4 is 22.9 Å². The van der Waals surface area contributed by atoms with E-state index in [0.29, 0.717) is 6.61 Å². The van der Waals surface area contributed by atoms with E-state index in [2.05, 4.69) is 74.6 Å². The summed E-state index contributed by atoms with van der Waals surface area (Å²) in [6.07, 6.45) is 17.2. The molecule has 0 aliphatic carbocycles. The first-order valence-corrected chi connectivity index (χ1v) is 14.4. The molecule has 2 aromatic carbocycles. The quantitative estimate of drug-likeness (QED) is 0.0477. The molecule has 218 valence electrons. The molecule has 6 heteroatoms. The number of hydrogen-bond acceptors (Lipinski definition) is 4. The van der Waals surface area contributed by atoms with E-state index >= 15 is 0 Å². The van der Waals surface area contributed by atoms with Gasteiger partial charge >= 0.3 is 0 Å². The van der Waals surface area contributed by atoms with Crippen molar-refractivity contribution in [3.8, 4) is 5.75 Å². The lowest BCUT2D eigenvalue weighted by molar-refractivity contribution is -0.124. The topological polar surface area (TPSA) is 86.4 Å². The van der Waals surface area contributed by atoms with Gasteiger partial charge in [-0.15, -0.1) is 0 Å². The van der Waals surface area contributed by atoms with Crippen LogP contribution in [-0.4, -0.2) is 29.3 Å². The van der Waals surface area contributed by atoms with E-state index in [4.69, 9.17) is 9.94 Å². The van der Waals surface area contributed by atoms with Crippen molar-refractivity contribution in [1.29, 1.82) is 0 Å². The molecular weight excluding hydrogens is 510 g/mol. The number of carbonyl (C=O) groups excluding carboxylic acids is 1. The molecule has 0 aliphatic heterocycles. The Hall–Kier alpha value is -3.87. The fourth-order valence-corrected chi connectivity index (χ4v) is 4.48. The van der Waals surface area contributed by atoms with Crippen LogP contribution in [0.25, 0.3) is 17.0 Å². The first-order valence-electron chi connectivity index (χ1n) is 14.4. The Morgan fingerprint density at radius 2 is 1.68 bits per heavy atom. The third kappa shape index (κ3) is 11.6. The zero-order chi connectivity index (χ0) is 29.5. The molecule has 0 saturated carbocycles. The highest BCUT2D eigenvalue weighted by atomic mass is 16.5. The van der Waals surface area contributed by atoms with E-state index in [1.807, 2.05) is 30.3 Å². The second kappa shape index (κ2) is 17.1. The third-order valence-corrected chi connectivity index (χ3v) is 6.96. The van der Waals surface area contributed by atoms with Gasteiger partial charge in [0.25, 0.3) is 5.91 Å². The average molecular weight is 556 g/mol. The summed E-state index contributed by atoms with van der Waals surface area (Å²) in [6, 6.07) is 14.2. The minimum atomic E-state index is -0.547. The molecule has 0 spiro atoms. The van der Waals surface area contributed by atoms with E-state index in [9.17, 15) is 4.79 Å². The lowest BCUT2D eigenvalue weighted by Gasteiger charge is -2.07. The number of nitrogens with one attached hydrogen (secondary N) is 3. The highest BCUT2D eigenvalue weighted by molar-refractivity contribution is 5.90. The zero-order valence-corrected chi connectivity index (χ0v) is 24.9. The smallest absolute Gasteiger partial charge is 0.267 e. The molecule has 1 heterocycles. The summed E-state index contributed by atoms with van der Waals surface area (Å²) in [5.41, 5.74) is 10.2. The number of rotatable bonds is 16. The lowest BCUT2D eigenvalue weighted by atomic mass is 10.1. The van der Waals surface area contributed by atoms with Crippen molar-refractivity contribution in [2.45, 2.75) is 66.3 Å². The molecule has 0 bridgehead atoms. The zero-order valence-electron chi connectivity index (χ0n) is 24.9. The van der Waals surface area contributed by atoms with Gasteiger partial charge in [0, 0.05) is 29.7 Å². The van der Waals surface area contributed by atoms with E-state index in [-0.39, 0.29) is 0 Å². The predicted molar refractivity (Wildman–Crippen MR) is 170 cm³/mol. The summed E-state index contributed by atoms with van der Waals surface area (Å²) >= 11 is 0. The van der Waals surface area contributed by atoms with Crippen LogP contribution in [0.5, 0.6) is 5.75 Å². The lowest BCUT2D eigenvalue weighted by Crippen LogP contribution is -2.16. The maximum atomic E-state index is 11.1. The van der Waals surface area contributed by atoms with Crippen molar-refractivity contribution < 1.29 is 14.7 Å². The molecule has 6 nitrogen and oxygen atoms in total. The fraction of sp³-hybridized carbons (Fsp3) is 0.343. The summed E-state index contributed by atoms with van der Waals surface area (Å²) in [5, 5.41) is 13.3. The van der Waals surface area contributed by atoms with Crippen LogP contribution in [0, 0.1) is 0 Å². The van der Waals surface area contributed by atoms with Crippen molar-refractivity contribution in [3.05, 3.63) is 106 Å². The molecule has 4 N–H and O–H groups in total. The van der Waals surface area contributed by atoms with Gasteiger partial charge in [-0.1, -0.05) is 53.1 Å². The van der Waals surface area contributed by atoms with Crippen molar-refractivity contribution in [1.82, 2.24) is 15.8 Å². The minimum Gasteiger partial charge on any atom is -0.490 e. The number of H-pyrrole nitrogens is 1. The highest BCUT2D eigenvalue weighted by Crippen LogP contribution is 2.24. The van der Waals surface area contributed by atoms with Crippen LogP contribution in [-0.2, 0) is 17.8 Å². The second-order valence-electron chi connectivity index (χ2n) is 10.8. The summed E-state index contributed by atoms with van der Waals surface area (Å²) < 4.78 is 6.07. The van der Waals surface area contributed by atoms with Crippen molar-refractivity contribution in [3.63, 3.8) is 0 Å². The number of benzene rings is 2. The Kier molecular flexibility index (Phi) is 13.2. The molecule has 3 rings (SSSR count). The molecule has 0 unspecified atom stereocenters. The fourth-order valence-electron chi connectivity index (χ4n) is 4.48. The summed E-state index contributed by atoms with van der Waals surface area (Å²) in [4.78, 5) is 14.5. The number of carbonyl (C=O) groups is 1. The predicted octanol–water partition coefficient (Wildman–Crippen LogP) is 7.82. The van der Waals surface area contributed by atoms with Gasteiger partial charge in [-0.05, 0) is 113 Å². The molecule has 0 atom stereocenters. The molecule has 3 aromatic rings.